The number of anilines is 2. The normalized spacial score (nSPS) is 22.7. The van der Waals surface area contributed by atoms with Crippen molar-refractivity contribution in [1.82, 2.24) is 0 Å². The number of nitrogens with one attached hydrogen (secondary N) is 1. The average Bonchev–Trinajstić information content (AvgIpc) is 2.81. The van der Waals surface area contributed by atoms with Crippen LogP contribution in [0.3, 0.4) is 0 Å². The lowest BCUT2D eigenvalue weighted by Gasteiger charge is -2.24. The predicted molar refractivity (Wildman–Crippen MR) is 124 cm³/mol. The van der Waals surface area contributed by atoms with Crippen molar-refractivity contribution >= 4 is 33.0 Å². The van der Waals surface area contributed by atoms with Crippen molar-refractivity contribution < 1.29 is 29.6 Å². The van der Waals surface area contributed by atoms with E-state index in [1.807, 2.05) is 0 Å². The zero-order valence-electron chi connectivity index (χ0n) is 32.6. The quantitative estimate of drug-likeness (QED) is 0.314. The Hall–Kier alpha value is -2.66. The summed E-state index contributed by atoms with van der Waals surface area (Å²) in [5.74, 6) is 0. The highest BCUT2D eigenvalue weighted by Crippen LogP contribution is 2.42. The van der Waals surface area contributed by atoms with Crippen LogP contribution in [0.5, 0.6) is 0 Å². The number of hydrogen-bond acceptors (Lipinski definition) is 3. The SMILES string of the molecule is [2H]c1c(-c2cc(C(C([2H])([2H])[2H])(C([2H])([2H])[2H])C([2H])([2H])[2H])cc(Br)c2Nc2ccccc2[N+](=O)[O-])c([2H])c(C([2H])([2H])[2H])c([2H])c1C([2H])([2H])[2H]. The van der Waals surface area contributed by atoms with Crippen LogP contribution in [0, 0.1) is 23.8 Å². The van der Waals surface area contributed by atoms with E-state index in [4.69, 9.17) is 24.7 Å². The Bertz CT molecular complexity index is 1640. The van der Waals surface area contributed by atoms with Crippen molar-refractivity contribution in [2.75, 3.05) is 5.32 Å². The Morgan fingerprint density at radius 2 is 1.79 bits per heavy atom. The van der Waals surface area contributed by atoms with Gasteiger partial charge in [-0.3, -0.25) is 10.1 Å². The Morgan fingerprint density at radius 1 is 1.10 bits per heavy atom. The van der Waals surface area contributed by atoms with E-state index >= 15 is 0 Å². The van der Waals surface area contributed by atoms with E-state index < -0.39 is 96.2 Å². The second-order valence-corrected chi connectivity index (χ2v) is 6.88. The molecule has 3 aromatic carbocycles. The van der Waals surface area contributed by atoms with Crippen molar-refractivity contribution in [2.24, 2.45) is 0 Å². The first kappa shape index (κ1) is 7.88. The lowest BCUT2D eigenvalue weighted by molar-refractivity contribution is -0.383. The molecule has 0 aliphatic carbocycles. The van der Waals surface area contributed by atoms with Crippen molar-refractivity contribution in [3.8, 4) is 11.1 Å². The van der Waals surface area contributed by atoms with Gasteiger partial charge in [0.1, 0.15) is 5.69 Å². The second-order valence-electron chi connectivity index (χ2n) is 6.03. The van der Waals surface area contributed by atoms with Gasteiger partial charge in [0.15, 0.2) is 0 Å². The van der Waals surface area contributed by atoms with Crippen LogP contribution < -0.4 is 5.32 Å². The van der Waals surface area contributed by atoms with Gasteiger partial charge in [0.05, 0.1) is 14.7 Å². The molecule has 0 unspecified atom stereocenters. The summed E-state index contributed by atoms with van der Waals surface area (Å²) in [5, 5.41) is 14.4. The van der Waals surface area contributed by atoms with Crippen LogP contribution >= 0.6 is 15.9 Å². The Morgan fingerprint density at radius 3 is 2.41 bits per heavy atom. The predicted octanol–water partition coefficient (Wildman–Crippen LogP) is 7.68. The highest BCUT2D eigenvalue weighted by atomic mass is 79.9. The molecule has 4 nitrogen and oxygen atoms in total. The summed E-state index contributed by atoms with van der Waals surface area (Å²) in [4.78, 5) is 11.0. The molecular weight excluding hydrogens is 428 g/mol. The number of para-hydroxylation sites is 2. The van der Waals surface area contributed by atoms with Crippen LogP contribution in [-0.4, -0.2) is 4.92 Å². The van der Waals surface area contributed by atoms with Gasteiger partial charge in [-0.2, -0.15) is 0 Å². The van der Waals surface area contributed by atoms with Gasteiger partial charge < -0.3 is 5.32 Å². The Kier molecular flexibility index (Phi) is 2.17. The van der Waals surface area contributed by atoms with E-state index in [0.717, 1.165) is 12.1 Å². The molecule has 0 radical (unpaired) electrons. The monoisotopic (exact) mass is 470 g/mol. The fraction of sp³-hybridized carbons (Fsp3) is 0.250. The maximum absolute atomic E-state index is 11.8. The fourth-order valence-corrected chi connectivity index (χ4v) is 3.18. The number of rotatable bonds is 4. The molecule has 0 saturated heterocycles. The van der Waals surface area contributed by atoms with Crippen LogP contribution in [0.15, 0.2) is 59.0 Å². The van der Waals surface area contributed by atoms with Gasteiger partial charge in [-0.15, -0.1) is 0 Å². The Labute approximate surface area is 205 Å². The molecule has 3 aromatic rings. The maximum atomic E-state index is 11.8. The first-order chi connectivity index (χ1) is 21.0. The Balaban J connectivity index is 2.75. The number of halogens is 1. The van der Waals surface area contributed by atoms with E-state index in [-0.39, 0.29) is 15.8 Å². The molecule has 0 saturated carbocycles. The van der Waals surface area contributed by atoms with Gasteiger partial charge in [-0.25, -0.2) is 0 Å². The highest BCUT2D eigenvalue weighted by molar-refractivity contribution is 9.10. The summed E-state index contributed by atoms with van der Waals surface area (Å²) in [6.07, 6.45) is 0. The molecule has 0 atom stereocenters. The fourth-order valence-electron chi connectivity index (χ4n) is 2.62. The number of nitro benzene ring substituents is 1. The molecule has 0 amide bonds. The van der Waals surface area contributed by atoms with Crippen LogP contribution in [0.25, 0.3) is 11.1 Å². The number of benzene rings is 3. The molecule has 0 aliphatic heterocycles. The van der Waals surface area contributed by atoms with Gasteiger partial charge in [-0.1, -0.05) is 61.9 Å². The highest BCUT2D eigenvalue weighted by Gasteiger charge is 2.21. The van der Waals surface area contributed by atoms with Gasteiger partial charge in [0.2, 0.25) is 0 Å². The van der Waals surface area contributed by atoms with Crippen molar-refractivity contribution in [1.29, 1.82) is 0 Å². The topological polar surface area (TPSA) is 55.2 Å². The summed E-state index contributed by atoms with van der Waals surface area (Å²) in [6.45, 7) is -18.0. The standard InChI is InChI=1S/C24H25BrN2O2/c1-15-10-16(2)12-17(11-15)19-13-18(24(3,4)5)14-20(25)23(19)26-21-8-6-7-9-22(21)27(28)29/h6-14,26H,1-5H3/i1D3,2D3,3D3,4D3,5D3,10D,11D,12D. The van der Waals surface area contributed by atoms with E-state index in [0.29, 0.717) is 6.07 Å². The third-order valence-electron chi connectivity index (χ3n) is 3.90. The van der Waals surface area contributed by atoms with Gasteiger partial charge in [0, 0.05) is 36.7 Å². The molecular formula is C24H25BrN2O2. The van der Waals surface area contributed by atoms with Crippen LogP contribution in [0.1, 0.15) is 61.9 Å². The third kappa shape index (κ3) is 4.67. The molecule has 0 fully saturated rings. The van der Waals surface area contributed by atoms with Crippen LogP contribution in [0.4, 0.5) is 17.1 Å². The molecule has 0 spiro atoms. The van der Waals surface area contributed by atoms with Gasteiger partial charge in [-0.05, 0) is 64.4 Å². The number of nitro groups is 1. The summed E-state index contributed by atoms with van der Waals surface area (Å²) >= 11 is 3.12. The molecule has 5 heteroatoms. The molecule has 0 aromatic heterocycles. The molecule has 0 bridgehead atoms. The summed E-state index contributed by atoms with van der Waals surface area (Å²) < 4.78 is 147. The van der Waals surface area contributed by atoms with E-state index in [9.17, 15) is 10.1 Å². The minimum atomic E-state index is -3.79. The summed E-state index contributed by atoms with van der Waals surface area (Å²) in [6, 6.07) is 3.10. The van der Waals surface area contributed by atoms with Crippen molar-refractivity contribution in [3.63, 3.8) is 0 Å². The van der Waals surface area contributed by atoms with E-state index in [2.05, 4.69) is 21.2 Å². The smallest absolute Gasteiger partial charge is 0.292 e. The molecule has 0 aliphatic rings. The minimum absolute atomic E-state index is 0.247. The van der Waals surface area contributed by atoms with Crippen molar-refractivity contribution in [3.05, 3.63) is 85.8 Å². The number of nitrogens with zero attached hydrogens (tertiary/aromatic N) is 1. The largest absolute Gasteiger partial charge is 0.348 e. The average molecular weight is 471 g/mol. The first-order valence-electron chi connectivity index (χ1n) is 17.0. The summed E-state index contributed by atoms with van der Waals surface area (Å²) in [7, 11) is 0. The van der Waals surface area contributed by atoms with Crippen molar-refractivity contribution in [2.45, 2.75) is 39.7 Å². The lowest BCUT2D eigenvalue weighted by Crippen LogP contribution is -2.12. The molecule has 0 heterocycles. The first-order valence-corrected chi connectivity index (χ1v) is 8.80. The molecule has 150 valence electrons. The lowest BCUT2D eigenvalue weighted by atomic mass is 9.84. The van der Waals surface area contributed by atoms with E-state index in [1.54, 1.807) is 0 Å². The molecule has 29 heavy (non-hydrogen) atoms. The van der Waals surface area contributed by atoms with Gasteiger partial charge in [0.25, 0.3) is 5.69 Å². The van der Waals surface area contributed by atoms with Crippen LogP contribution in [0.2, 0.25) is 0 Å². The minimum Gasteiger partial charge on any atom is -0.348 e. The van der Waals surface area contributed by atoms with E-state index in [1.165, 1.54) is 18.2 Å². The second kappa shape index (κ2) is 7.99. The maximum Gasteiger partial charge on any atom is 0.292 e. The van der Waals surface area contributed by atoms with Gasteiger partial charge >= 0.3 is 0 Å². The zero-order valence-corrected chi connectivity index (χ0v) is 16.2. The van der Waals surface area contributed by atoms with Crippen LogP contribution in [-0.2, 0) is 5.41 Å². The zero-order chi connectivity index (χ0) is 36.5. The molecule has 3 rings (SSSR count). The third-order valence-corrected chi connectivity index (χ3v) is 4.53. The number of hydrogen-bond donors (Lipinski definition) is 1. The molecule has 1 N–H and O–H groups in total. The summed E-state index contributed by atoms with van der Waals surface area (Å²) in [5.41, 5.74) is -9.50.